The molecule has 0 spiro atoms. The molecule has 0 unspecified atom stereocenters. The quantitative estimate of drug-likeness (QED) is 0.463. The smallest absolute Gasteiger partial charge is 0.283 e. The topological polar surface area (TPSA) is 78.1 Å². The van der Waals surface area contributed by atoms with E-state index in [1.165, 1.54) is 28.9 Å². The van der Waals surface area contributed by atoms with Crippen molar-refractivity contribution in [1.82, 2.24) is 5.01 Å². The van der Waals surface area contributed by atoms with Gasteiger partial charge in [0, 0.05) is 5.56 Å². The molecule has 34 heavy (non-hydrogen) atoms. The molecular weight excluding hydrogens is 475 g/mol. The Hall–Kier alpha value is -3.75. The molecule has 9 heteroatoms. The predicted molar refractivity (Wildman–Crippen MR) is 133 cm³/mol. The summed E-state index contributed by atoms with van der Waals surface area (Å²) in [5, 5.41) is 15.8. The lowest BCUT2D eigenvalue weighted by Gasteiger charge is -2.20. The van der Waals surface area contributed by atoms with Crippen LogP contribution in [0.25, 0.3) is 6.08 Å². The lowest BCUT2D eigenvalue weighted by Crippen LogP contribution is -2.35. The molecule has 0 radical (unpaired) electrons. The van der Waals surface area contributed by atoms with Crippen LogP contribution in [0.1, 0.15) is 16.7 Å². The van der Waals surface area contributed by atoms with Gasteiger partial charge in [-0.1, -0.05) is 54.1 Å². The highest BCUT2D eigenvalue weighted by Crippen LogP contribution is 2.33. The van der Waals surface area contributed by atoms with Crippen LogP contribution in [0.5, 0.6) is 5.75 Å². The van der Waals surface area contributed by atoms with Crippen LogP contribution in [-0.4, -0.2) is 27.0 Å². The van der Waals surface area contributed by atoms with Gasteiger partial charge in [-0.05, 0) is 59.3 Å². The number of aliphatic imine (C=N–C) groups is 1. The van der Waals surface area contributed by atoms with Crippen molar-refractivity contribution in [3.8, 4) is 5.75 Å². The summed E-state index contributed by atoms with van der Waals surface area (Å²) in [6.07, 6.45) is 1.59. The number of halogens is 2. The third-order valence-corrected chi connectivity index (χ3v) is 6.32. The van der Waals surface area contributed by atoms with Crippen LogP contribution in [0.15, 0.2) is 88.5 Å². The van der Waals surface area contributed by atoms with E-state index in [-0.39, 0.29) is 23.8 Å². The summed E-state index contributed by atoms with van der Waals surface area (Å²) in [5.74, 6) is -0.310. The number of fused-ring (bicyclic) bond motifs is 1. The van der Waals surface area contributed by atoms with Gasteiger partial charge in [-0.25, -0.2) is 4.39 Å². The average Bonchev–Trinajstić information content (AvgIpc) is 3.26. The highest BCUT2D eigenvalue weighted by molar-refractivity contribution is 8.27. The van der Waals surface area contributed by atoms with Gasteiger partial charge >= 0.3 is 0 Å². The maximum Gasteiger partial charge on any atom is 0.283 e. The molecule has 2 aliphatic rings. The number of ether oxygens (including phenoxy) is 1. The van der Waals surface area contributed by atoms with Gasteiger partial charge in [-0.3, -0.25) is 10.2 Å². The van der Waals surface area contributed by atoms with Crippen LogP contribution in [0.4, 0.5) is 4.39 Å². The van der Waals surface area contributed by atoms with E-state index >= 15 is 0 Å². The summed E-state index contributed by atoms with van der Waals surface area (Å²) in [7, 11) is 0. The highest BCUT2D eigenvalue weighted by atomic mass is 35.5. The molecule has 2 aliphatic heterocycles. The zero-order valence-corrected chi connectivity index (χ0v) is 19.1. The Morgan fingerprint density at radius 1 is 1.09 bits per heavy atom. The largest absolute Gasteiger partial charge is 0.489 e. The monoisotopic (exact) mass is 490 g/mol. The van der Waals surface area contributed by atoms with Gasteiger partial charge < -0.3 is 4.74 Å². The predicted octanol–water partition coefficient (Wildman–Crippen LogP) is 5.73. The Labute approximate surface area is 203 Å². The standard InChI is InChI=1S/C25H16ClFN4O2S/c26-21-7-2-1-6-19(21)24-30-31-22(28)20(23(32)29-25(31)34-24)13-16-4-3-5-18(12-16)33-14-15-8-10-17(27)11-9-15/h1-13,28H,14H2/b20-13-,28-22?. The van der Waals surface area contributed by atoms with Gasteiger partial charge in [0.25, 0.3) is 5.91 Å². The number of carbonyl (C=O) groups is 1. The second-order valence-corrected chi connectivity index (χ2v) is 8.76. The Bertz CT molecular complexity index is 1400. The molecule has 6 nitrogen and oxygen atoms in total. The number of carbonyl (C=O) groups excluding carboxylic acids is 1. The highest BCUT2D eigenvalue weighted by Gasteiger charge is 2.36. The molecule has 5 rings (SSSR count). The summed E-state index contributed by atoms with van der Waals surface area (Å²) >= 11 is 7.47. The van der Waals surface area contributed by atoms with E-state index in [1.54, 1.807) is 48.5 Å². The molecule has 0 saturated heterocycles. The van der Waals surface area contributed by atoms with E-state index in [0.29, 0.717) is 32.1 Å². The molecule has 2 heterocycles. The van der Waals surface area contributed by atoms with Crippen molar-refractivity contribution in [2.75, 3.05) is 0 Å². The van der Waals surface area contributed by atoms with Gasteiger partial charge in [0.15, 0.2) is 5.84 Å². The van der Waals surface area contributed by atoms with Crippen LogP contribution >= 0.6 is 23.4 Å². The number of rotatable bonds is 5. The van der Waals surface area contributed by atoms with Crippen molar-refractivity contribution in [2.24, 2.45) is 10.1 Å². The van der Waals surface area contributed by atoms with E-state index in [1.807, 2.05) is 18.2 Å². The number of nitrogens with zero attached hydrogens (tertiary/aromatic N) is 3. The minimum atomic E-state index is -0.517. The lowest BCUT2D eigenvalue weighted by atomic mass is 10.1. The van der Waals surface area contributed by atoms with E-state index in [2.05, 4.69) is 10.1 Å². The van der Waals surface area contributed by atoms with Crippen molar-refractivity contribution in [3.63, 3.8) is 0 Å². The summed E-state index contributed by atoms with van der Waals surface area (Å²) in [6.45, 7) is 0.271. The number of benzene rings is 3. The van der Waals surface area contributed by atoms with Gasteiger partial charge in [-0.15, -0.1) is 0 Å². The van der Waals surface area contributed by atoms with Crippen molar-refractivity contribution in [2.45, 2.75) is 6.61 Å². The third-order valence-electron chi connectivity index (χ3n) is 5.05. The molecule has 3 aromatic rings. The van der Waals surface area contributed by atoms with Crippen LogP contribution in [-0.2, 0) is 11.4 Å². The second-order valence-electron chi connectivity index (χ2n) is 7.39. The number of hydrogen-bond acceptors (Lipinski definition) is 5. The first-order chi connectivity index (χ1) is 16.5. The second kappa shape index (κ2) is 9.24. The lowest BCUT2D eigenvalue weighted by molar-refractivity contribution is -0.114. The molecule has 0 aliphatic carbocycles. The molecule has 168 valence electrons. The number of hydrazone groups is 1. The maximum absolute atomic E-state index is 13.1. The Kier molecular flexibility index (Phi) is 6.00. The number of hydrogen-bond donors (Lipinski definition) is 1. The molecule has 0 aromatic heterocycles. The van der Waals surface area contributed by atoms with Gasteiger partial charge in [0.2, 0.25) is 5.17 Å². The van der Waals surface area contributed by atoms with Gasteiger partial charge in [-0.2, -0.15) is 15.1 Å². The number of amides is 1. The number of amidine groups is 2. The van der Waals surface area contributed by atoms with Crippen LogP contribution in [0.2, 0.25) is 5.02 Å². The van der Waals surface area contributed by atoms with Crippen molar-refractivity contribution >= 4 is 51.4 Å². The first-order valence-corrected chi connectivity index (χ1v) is 11.4. The first kappa shape index (κ1) is 22.1. The first-order valence-electron chi connectivity index (χ1n) is 10.2. The molecule has 0 saturated carbocycles. The van der Waals surface area contributed by atoms with Crippen LogP contribution in [0, 0.1) is 11.2 Å². The molecule has 0 fully saturated rings. The molecule has 0 bridgehead atoms. The number of nitrogens with one attached hydrogen (secondary N) is 1. The normalized spacial score (nSPS) is 16.4. The number of thioether (sulfide) groups is 1. The maximum atomic E-state index is 13.1. The molecule has 1 amide bonds. The van der Waals surface area contributed by atoms with E-state index < -0.39 is 5.91 Å². The zero-order valence-electron chi connectivity index (χ0n) is 17.5. The zero-order chi connectivity index (χ0) is 23.7. The van der Waals surface area contributed by atoms with Crippen molar-refractivity contribution < 1.29 is 13.9 Å². The van der Waals surface area contributed by atoms with Gasteiger partial charge in [0.1, 0.15) is 23.2 Å². The van der Waals surface area contributed by atoms with E-state index in [4.69, 9.17) is 21.7 Å². The molecule has 1 N–H and O–H groups in total. The van der Waals surface area contributed by atoms with Crippen LogP contribution < -0.4 is 4.74 Å². The van der Waals surface area contributed by atoms with Crippen molar-refractivity contribution in [1.29, 1.82) is 5.41 Å². The molecule has 0 atom stereocenters. The van der Waals surface area contributed by atoms with Gasteiger partial charge in [0.05, 0.1) is 10.6 Å². The fourth-order valence-electron chi connectivity index (χ4n) is 3.34. The summed E-state index contributed by atoms with van der Waals surface area (Å²) in [4.78, 5) is 16.8. The summed E-state index contributed by atoms with van der Waals surface area (Å²) in [5.41, 5.74) is 2.33. The molecule has 3 aromatic carbocycles. The molecular formula is C25H16ClFN4O2S. The minimum Gasteiger partial charge on any atom is -0.489 e. The van der Waals surface area contributed by atoms with Crippen LogP contribution in [0.3, 0.4) is 0 Å². The average molecular weight is 491 g/mol. The fourth-order valence-corrected chi connectivity index (χ4v) is 4.56. The summed E-state index contributed by atoms with van der Waals surface area (Å²) < 4.78 is 18.9. The SMILES string of the molecule is N=C1/C(=C/c2cccc(OCc3ccc(F)cc3)c2)C(=O)N=C2SC(c3ccccc3Cl)=NN12. The third kappa shape index (κ3) is 4.50. The summed E-state index contributed by atoms with van der Waals surface area (Å²) in [6, 6.07) is 20.5. The Morgan fingerprint density at radius 2 is 1.88 bits per heavy atom. The van der Waals surface area contributed by atoms with E-state index in [0.717, 1.165) is 5.56 Å². The van der Waals surface area contributed by atoms with Crippen molar-refractivity contribution in [3.05, 3.63) is 106 Å². The Morgan fingerprint density at radius 3 is 2.68 bits per heavy atom. The van der Waals surface area contributed by atoms with E-state index in [9.17, 15) is 9.18 Å². The Balaban J connectivity index is 1.37. The fraction of sp³-hybridized carbons (Fsp3) is 0.0400. The minimum absolute atomic E-state index is 0.0674.